The molecule has 4 rings (SSSR count). The Kier molecular flexibility index (Phi) is 8.30. The second kappa shape index (κ2) is 11.6. The molecule has 3 aromatic carbocycles. The van der Waals surface area contributed by atoms with E-state index >= 15 is 0 Å². The topological polar surface area (TPSA) is 99.1 Å². The fourth-order valence-electron chi connectivity index (χ4n) is 3.58. The van der Waals surface area contributed by atoms with E-state index in [1.165, 1.54) is 36.0 Å². The molecule has 1 saturated heterocycles. The van der Waals surface area contributed by atoms with Crippen molar-refractivity contribution in [3.8, 4) is 0 Å². The van der Waals surface area contributed by atoms with E-state index in [4.69, 9.17) is 28.3 Å². The van der Waals surface area contributed by atoms with Crippen LogP contribution in [0, 0.1) is 0 Å². The molecule has 0 spiro atoms. The Morgan fingerprint density at radius 2 is 1.69 bits per heavy atom. The van der Waals surface area contributed by atoms with Crippen molar-refractivity contribution in [2.24, 2.45) is 4.99 Å². The van der Waals surface area contributed by atoms with Gasteiger partial charge in [0.05, 0.1) is 11.3 Å². The SMILES string of the molecule is O=C(O)c1ccc(NC(=O)[C@H]2CC(=O)N(CCc3ccccc3)C(=Nc3cc(Cl)cc(Cl)c3)S2)cc1. The van der Waals surface area contributed by atoms with Crippen molar-refractivity contribution >= 4 is 69.3 Å². The fraction of sp³-hybridized carbons (Fsp3) is 0.154. The normalized spacial score (nSPS) is 16.7. The van der Waals surface area contributed by atoms with E-state index in [0.717, 1.165) is 5.56 Å². The Hall–Kier alpha value is -3.33. The number of carboxylic acid groups (broad SMARTS) is 1. The summed E-state index contributed by atoms with van der Waals surface area (Å²) in [6.45, 7) is 0.397. The third-order valence-electron chi connectivity index (χ3n) is 5.37. The van der Waals surface area contributed by atoms with E-state index in [2.05, 4.69) is 10.3 Å². The first-order valence-electron chi connectivity index (χ1n) is 11.0. The van der Waals surface area contributed by atoms with Gasteiger partial charge < -0.3 is 10.4 Å². The number of amides is 2. The summed E-state index contributed by atoms with van der Waals surface area (Å²) < 4.78 is 0. The summed E-state index contributed by atoms with van der Waals surface area (Å²) in [7, 11) is 0. The van der Waals surface area contributed by atoms with Crippen LogP contribution in [-0.2, 0) is 16.0 Å². The number of carboxylic acids is 1. The van der Waals surface area contributed by atoms with Crippen molar-refractivity contribution < 1.29 is 19.5 Å². The third kappa shape index (κ3) is 6.66. The van der Waals surface area contributed by atoms with Crippen LogP contribution >= 0.6 is 35.0 Å². The predicted octanol–water partition coefficient (Wildman–Crippen LogP) is 5.89. The van der Waals surface area contributed by atoms with Gasteiger partial charge in [-0.3, -0.25) is 14.5 Å². The maximum absolute atomic E-state index is 13.2. The molecular weight excluding hydrogens is 521 g/mol. The largest absolute Gasteiger partial charge is 0.478 e. The molecule has 184 valence electrons. The number of nitrogens with one attached hydrogen (secondary N) is 1. The van der Waals surface area contributed by atoms with Gasteiger partial charge in [0.15, 0.2) is 5.17 Å². The van der Waals surface area contributed by atoms with E-state index < -0.39 is 11.2 Å². The summed E-state index contributed by atoms with van der Waals surface area (Å²) >= 11 is 13.4. The molecule has 0 unspecified atom stereocenters. The molecule has 2 N–H and O–H groups in total. The van der Waals surface area contributed by atoms with E-state index in [0.29, 0.717) is 39.6 Å². The first kappa shape index (κ1) is 25.8. The Balaban J connectivity index is 1.56. The summed E-state index contributed by atoms with van der Waals surface area (Å²) in [4.78, 5) is 43.4. The molecule has 36 heavy (non-hydrogen) atoms. The highest BCUT2D eigenvalue weighted by molar-refractivity contribution is 8.15. The molecule has 1 aliphatic heterocycles. The minimum atomic E-state index is -1.06. The lowest BCUT2D eigenvalue weighted by Gasteiger charge is -2.32. The number of carbonyl (C=O) groups is 3. The molecule has 1 fully saturated rings. The number of hydrogen-bond acceptors (Lipinski definition) is 5. The predicted molar refractivity (Wildman–Crippen MR) is 143 cm³/mol. The number of aliphatic imine (C=N–C) groups is 1. The van der Waals surface area contributed by atoms with Gasteiger partial charge in [-0.25, -0.2) is 9.79 Å². The van der Waals surface area contributed by atoms with Crippen molar-refractivity contribution in [1.82, 2.24) is 4.90 Å². The summed E-state index contributed by atoms with van der Waals surface area (Å²) in [5.41, 5.74) is 2.09. The molecule has 2 amide bonds. The molecular formula is C26H21Cl2N3O4S. The van der Waals surface area contributed by atoms with Gasteiger partial charge in [0, 0.05) is 28.7 Å². The van der Waals surface area contributed by atoms with Crippen LogP contribution in [0.3, 0.4) is 0 Å². The molecule has 1 aliphatic rings. The van der Waals surface area contributed by atoms with Crippen LogP contribution in [0.15, 0.2) is 77.8 Å². The van der Waals surface area contributed by atoms with Gasteiger partial charge in [-0.1, -0.05) is 65.3 Å². The van der Waals surface area contributed by atoms with Gasteiger partial charge >= 0.3 is 5.97 Å². The zero-order chi connectivity index (χ0) is 25.7. The van der Waals surface area contributed by atoms with Gasteiger partial charge in [-0.05, 0) is 54.4 Å². The molecule has 0 bridgehead atoms. The lowest BCUT2D eigenvalue weighted by Crippen LogP contribution is -2.46. The van der Waals surface area contributed by atoms with Crippen LogP contribution in [0.25, 0.3) is 0 Å². The molecule has 1 heterocycles. The number of thioether (sulfide) groups is 1. The van der Waals surface area contributed by atoms with Crippen molar-refractivity contribution in [3.05, 3.63) is 94.0 Å². The summed E-state index contributed by atoms with van der Waals surface area (Å²) in [5, 5.41) is 12.3. The molecule has 3 aromatic rings. The second-order valence-electron chi connectivity index (χ2n) is 7.99. The van der Waals surface area contributed by atoms with E-state index in [-0.39, 0.29) is 23.8 Å². The Bertz CT molecular complexity index is 1300. The zero-order valence-corrected chi connectivity index (χ0v) is 21.2. The fourth-order valence-corrected chi connectivity index (χ4v) is 5.22. The average molecular weight is 542 g/mol. The Morgan fingerprint density at radius 1 is 1.03 bits per heavy atom. The molecule has 0 aliphatic carbocycles. The van der Waals surface area contributed by atoms with E-state index in [1.807, 2.05) is 30.3 Å². The molecule has 0 aromatic heterocycles. The Morgan fingerprint density at radius 3 is 2.33 bits per heavy atom. The van der Waals surface area contributed by atoms with Crippen LogP contribution in [-0.4, -0.2) is 44.8 Å². The number of halogens is 2. The van der Waals surface area contributed by atoms with Crippen LogP contribution in [0.4, 0.5) is 11.4 Å². The standard InChI is InChI=1S/C26H21Cl2N3O4S/c27-18-12-19(28)14-21(13-18)30-26-31(11-10-16-4-2-1-3-5-16)23(32)15-22(36-26)24(33)29-20-8-6-17(7-9-20)25(34)35/h1-9,12-14,22H,10-11,15H2,(H,29,33)(H,34,35)/t22-/m1/s1. The van der Waals surface area contributed by atoms with E-state index in [9.17, 15) is 14.4 Å². The highest BCUT2D eigenvalue weighted by atomic mass is 35.5. The quantitative estimate of drug-likeness (QED) is 0.388. The first-order valence-corrected chi connectivity index (χ1v) is 12.6. The van der Waals surface area contributed by atoms with Gasteiger partial charge in [-0.15, -0.1) is 0 Å². The van der Waals surface area contributed by atoms with E-state index in [1.54, 1.807) is 23.1 Å². The number of amidine groups is 1. The van der Waals surface area contributed by atoms with Gasteiger partial charge in [0.1, 0.15) is 5.25 Å². The monoisotopic (exact) mass is 541 g/mol. The third-order valence-corrected chi connectivity index (χ3v) is 6.99. The van der Waals surface area contributed by atoms with Crippen molar-refractivity contribution in [1.29, 1.82) is 0 Å². The summed E-state index contributed by atoms with van der Waals surface area (Å²) in [6, 6.07) is 20.5. The molecule has 0 saturated carbocycles. The number of hydrogen-bond donors (Lipinski definition) is 2. The lowest BCUT2D eigenvalue weighted by atomic mass is 10.1. The number of aromatic carboxylic acids is 1. The van der Waals surface area contributed by atoms with Gasteiger partial charge in [0.25, 0.3) is 0 Å². The lowest BCUT2D eigenvalue weighted by molar-refractivity contribution is -0.129. The van der Waals surface area contributed by atoms with Crippen LogP contribution < -0.4 is 5.32 Å². The van der Waals surface area contributed by atoms with Crippen LogP contribution in [0.5, 0.6) is 0 Å². The maximum Gasteiger partial charge on any atom is 0.335 e. The van der Waals surface area contributed by atoms with Crippen LogP contribution in [0.1, 0.15) is 22.3 Å². The maximum atomic E-state index is 13.2. The molecule has 0 radical (unpaired) electrons. The van der Waals surface area contributed by atoms with Crippen molar-refractivity contribution in [2.45, 2.75) is 18.1 Å². The average Bonchev–Trinajstić information content (AvgIpc) is 2.83. The first-order chi connectivity index (χ1) is 17.3. The number of anilines is 1. The summed E-state index contributed by atoms with van der Waals surface area (Å²) in [6.07, 6.45) is 0.614. The minimum absolute atomic E-state index is 0.00613. The number of rotatable bonds is 7. The van der Waals surface area contributed by atoms with Crippen molar-refractivity contribution in [3.63, 3.8) is 0 Å². The molecule has 1 atom stereocenters. The number of benzene rings is 3. The molecule has 10 heteroatoms. The molecule has 7 nitrogen and oxygen atoms in total. The second-order valence-corrected chi connectivity index (χ2v) is 10.0. The highest BCUT2D eigenvalue weighted by Crippen LogP contribution is 2.32. The van der Waals surface area contributed by atoms with Crippen molar-refractivity contribution in [2.75, 3.05) is 11.9 Å². The highest BCUT2D eigenvalue weighted by Gasteiger charge is 2.35. The van der Waals surface area contributed by atoms with Gasteiger partial charge in [-0.2, -0.15) is 0 Å². The smallest absolute Gasteiger partial charge is 0.335 e. The number of carbonyl (C=O) groups excluding carboxylic acids is 2. The minimum Gasteiger partial charge on any atom is -0.478 e. The van der Waals surface area contributed by atoms with Gasteiger partial charge in [0.2, 0.25) is 11.8 Å². The number of nitrogens with zero attached hydrogens (tertiary/aromatic N) is 2. The van der Waals surface area contributed by atoms with Crippen LogP contribution in [0.2, 0.25) is 10.0 Å². The summed E-state index contributed by atoms with van der Waals surface area (Å²) in [5.74, 6) is -1.66. The Labute approximate surface area is 222 Å². The zero-order valence-electron chi connectivity index (χ0n) is 18.9.